The Morgan fingerprint density at radius 3 is 2.61 bits per heavy atom. The summed E-state index contributed by atoms with van der Waals surface area (Å²) < 4.78 is 6.31. The van der Waals surface area contributed by atoms with Gasteiger partial charge >= 0.3 is 6.09 Å². The van der Waals surface area contributed by atoms with Crippen molar-refractivity contribution in [3.05, 3.63) is 79.6 Å². The van der Waals surface area contributed by atoms with E-state index in [2.05, 4.69) is 34.1 Å². The van der Waals surface area contributed by atoms with Crippen molar-refractivity contribution in [2.75, 3.05) is 13.1 Å². The summed E-state index contributed by atoms with van der Waals surface area (Å²) in [6, 6.07) is 17.5. The number of thiophene rings is 1. The van der Waals surface area contributed by atoms with Crippen LogP contribution < -0.4 is 5.73 Å². The van der Waals surface area contributed by atoms with Crippen LogP contribution in [0.1, 0.15) is 16.4 Å². The number of amides is 1. The molecule has 2 aliphatic rings. The maximum absolute atomic E-state index is 12.8. The first kappa shape index (κ1) is 22.6. The van der Waals surface area contributed by atoms with Crippen LogP contribution in [0.25, 0.3) is 0 Å². The van der Waals surface area contributed by atoms with E-state index in [1.54, 1.807) is 6.08 Å². The highest BCUT2D eigenvalue weighted by Gasteiger charge is 2.55. The van der Waals surface area contributed by atoms with E-state index in [0.29, 0.717) is 5.57 Å². The zero-order valence-corrected chi connectivity index (χ0v) is 19.8. The minimum atomic E-state index is -1.73. The molecule has 1 aliphatic carbocycles. The zero-order valence-electron chi connectivity index (χ0n) is 17.4. The lowest BCUT2D eigenvalue weighted by molar-refractivity contribution is 0.0900. The molecule has 1 amide bonds. The number of ether oxygens (including phenoxy) is 1. The number of nitrogens with zero attached hydrogens (tertiary/aromatic N) is 4. The molecule has 2 atom stereocenters. The Bertz CT molecular complexity index is 1260. The van der Waals surface area contributed by atoms with Gasteiger partial charge in [0.15, 0.2) is 5.41 Å². The van der Waals surface area contributed by atoms with Crippen LogP contribution in [0.3, 0.4) is 0 Å². The van der Waals surface area contributed by atoms with Crippen molar-refractivity contribution in [3.63, 3.8) is 0 Å². The minimum Gasteiger partial charge on any atom is -0.445 e. The number of halogens is 1. The third-order valence-corrected chi connectivity index (χ3v) is 7.80. The molecule has 1 aromatic carbocycles. The molecule has 0 radical (unpaired) electrons. The molecule has 7 nitrogen and oxygen atoms in total. The lowest BCUT2D eigenvalue weighted by Gasteiger charge is -2.44. The molecule has 2 unspecified atom stereocenters. The molecule has 0 saturated carbocycles. The van der Waals surface area contributed by atoms with Crippen molar-refractivity contribution in [2.45, 2.75) is 12.5 Å². The minimum absolute atomic E-state index is 0.0351. The van der Waals surface area contributed by atoms with Gasteiger partial charge in [-0.3, -0.25) is 0 Å². The van der Waals surface area contributed by atoms with Crippen molar-refractivity contribution in [2.24, 2.45) is 17.1 Å². The molecule has 0 bridgehead atoms. The van der Waals surface area contributed by atoms with E-state index >= 15 is 0 Å². The zero-order chi connectivity index (χ0) is 23.6. The van der Waals surface area contributed by atoms with Gasteiger partial charge in [-0.2, -0.15) is 15.8 Å². The molecule has 164 valence electrons. The largest absolute Gasteiger partial charge is 0.445 e. The molecule has 0 fully saturated rings. The number of fused-ring (bicyclic) bond motifs is 1. The van der Waals surface area contributed by atoms with Crippen LogP contribution in [0.4, 0.5) is 4.79 Å². The summed E-state index contributed by atoms with van der Waals surface area (Å²) in [7, 11) is 0. The van der Waals surface area contributed by atoms with E-state index in [0.717, 1.165) is 14.9 Å². The first-order valence-corrected chi connectivity index (χ1v) is 11.7. The van der Waals surface area contributed by atoms with Gasteiger partial charge in [0.2, 0.25) is 0 Å². The molecular formula is C24H18BrN5O2S. The summed E-state index contributed by atoms with van der Waals surface area (Å²) in [5.41, 5.74) is 6.21. The van der Waals surface area contributed by atoms with E-state index < -0.39 is 23.3 Å². The highest BCUT2D eigenvalue weighted by atomic mass is 79.9. The topological polar surface area (TPSA) is 127 Å². The highest BCUT2D eigenvalue weighted by Crippen LogP contribution is 2.55. The molecule has 0 saturated heterocycles. The Kier molecular flexibility index (Phi) is 6.24. The molecule has 2 N–H and O–H groups in total. The molecule has 1 aliphatic heterocycles. The van der Waals surface area contributed by atoms with Gasteiger partial charge < -0.3 is 15.4 Å². The number of hydrogen-bond acceptors (Lipinski definition) is 7. The van der Waals surface area contributed by atoms with Gasteiger partial charge in [-0.25, -0.2) is 4.79 Å². The van der Waals surface area contributed by atoms with Crippen LogP contribution >= 0.6 is 27.3 Å². The summed E-state index contributed by atoms with van der Waals surface area (Å²) in [5, 5.41) is 31.9. The maximum Gasteiger partial charge on any atom is 0.410 e. The quantitative estimate of drug-likeness (QED) is 0.632. The second kappa shape index (κ2) is 9.11. The van der Waals surface area contributed by atoms with Gasteiger partial charge in [-0.1, -0.05) is 36.4 Å². The van der Waals surface area contributed by atoms with Crippen molar-refractivity contribution in [1.82, 2.24) is 4.90 Å². The van der Waals surface area contributed by atoms with Gasteiger partial charge in [-0.15, -0.1) is 11.3 Å². The van der Waals surface area contributed by atoms with E-state index in [1.807, 2.05) is 41.8 Å². The van der Waals surface area contributed by atoms with Crippen molar-refractivity contribution in [3.8, 4) is 18.2 Å². The average molecular weight is 520 g/mol. The van der Waals surface area contributed by atoms with E-state index in [4.69, 9.17) is 10.5 Å². The SMILES string of the molecule is N#CC1=C(N)C(C#N)(C#N)C(c2cc(Br)cs2)C2CN(C(=O)OCc3ccccc3)CC=C12. The van der Waals surface area contributed by atoms with Crippen molar-refractivity contribution in [1.29, 1.82) is 15.8 Å². The van der Waals surface area contributed by atoms with Gasteiger partial charge in [0.05, 0.1) is 23.4 Å². The molecule has 2 aromatic rings. The van der Waals surface area contributed by atoms with Gasteiger partial charge in [0.25, 0.3) is 0 Å². The molecule has 9 heteroatoms. The van der Waals surface area contributed by atoms with Crippen LogP contribution in [0.15, 0.2) is 69.2 Å². The van der Waals surface area contributed by atoms with Gasteiger partial charge in [0, 0.05) is 39.7 Å². The monoisotopic (exact) mass is 519 g/mol. The summed E-state index contributed by atoms with van der Waals surface area (Å²) in [6.45, 7) is 0.573. The lowest BCUT2D eigenvalue weighted by Crippen LogP contribution is -2.49. The lowest BCUT2D eigenvalue weighted by atomic mass is 9.59. The molecule has 0 spiro atoms. The third kappa shape index (κ3) is 3.89. The fourth-order valence-electron chi connectivity index (χ4n) is 4.44. The summed E-state index contributed by atoms with van der Waals surface area (Å²) in [5.74, 6) is -1.10. The number of hydrogen-bond donors (Lipinski definition) is 1. The van der Waals surface area contributed by atoms with Crippen LogP contribution in [0, 0.1) is 45.3 Å². The van der Waals surface area contributed by atoms with E-state index in [-0.39, 0.29) is 31.0 Å². The average Bonchev–Trinajstić information content (AvgIpc) is 3.27. The van der Waals surface area contributed by atoms with Crippen LogP contribution in [0.5, 0.6) is 0 Å². The number of benzene rings is 1. The van der Waals surface area contributed by atoms with Gasteiger partial charge in [0.1, 0.15) is 12.7 Å². The standard InChI is InChI=1S/C24H18BrN5O2S/c25-16-8-20(33-12-16)21-19-10-30(23(31)32-11-15-4-2-1-3-5-15)7-6-17(19)18(9-26)22(29)24(21,13-27)14-28/h1-6,8,12,19,21H,7,10-11,29H2. The summed E-state index contributed by atoms with van der Waals surface area (Å²) in [6.07, 6.45) is 1.28. The highest BCUT2D eigenvalue weighted by molar-refractivity contribution is 9.10. The predicted octanol–water partition coefficient (Wildman–Crippen LogP) is 4.57. The normalized spacial score (nSPS) is 21.2. The number of rotatable bonds is 3. The molecule has 2 heterocycles. The molecule has 4 rings (SSSR count). The predicted molar refractivity (Wildman–Crippen MR) is 125 cm³/mol. The Labute approximate surface area is 203 Å². The third-order valence-electron chi connectivity index (χ3n) is 6.02. The first-order chi connectivity index (χ1) is 15.9. The van der Waals surface area contributed by atoms with Crippen LogP contribution in [0.2, 0.25) is 0 Å². The Hall–Kier alpha value is -3.58. The molecule has 1 aromatic heterocycles. The van der Waals surface area contributed by atoms with Crippen molar-refractivity contribution < 1.29 is 9.53 Å². The summed E-state index contributed by atoms with van der Waals surface area (Å²) in [4.78, 5) is 15.2. The van der Waals surface area contributed by atoms with Gasteiger partial charge in [-0.05, 0) is 33.1 Å². The van der Waals surface area contributed by atoms with E-state index in [1.165, 1.54) is 16.2 Å². The number of nitrogens with two attached hydrogens (primary N) is 1. The Balaban J connectivity index is 1.71. The fraction of sp³-hybridized carbons (Fsp3) is 0.250. The molecule has 33 heavy (non-hydrogen) atoms. The number of carbonyl (C=O) groups is 1. The van der Waals surface area contributed by atoms with Crippen LogP contribution in [-0.2, 0) is 11.3 Å². The number of carbonyl (C=O) groups excluding carboxylic acids is 1. The first-order valence-electron chi connectivity index (χ1n) is 10.1. The second-order valence-corrected chi connectivity index (χ2v) is 9.65. The second-order valence-electron chi connectivity index (χ2n) is 7.79. The molecular weight excluding hydrogens is 502 g/mol. The Morgan fingerprint density at radius 1 is 1.27 bits per heavy atom. The smallest absolute Gasteiger partial charge is 0.410 e. The number of nitriles is 3. The Morgan fingerprint density at radius 2 is 2.00 bits per heavy atom. The summed E-state index contributed by atoms with van der Waals surface area (Å²) >= 11 is 4.84. The van der Waals surface area contributed by atoms with E-state index in [9.17, 15) is 20.6 Å². The van der Waals surface area contributed by atoms with Crippen LogP contribution in [-0.4, -0.2) is 24.1 Å². The van der Waals surface area contributed by atoms with Crippen molar-refractivity contribution >= 4 is 33.4 Å². The maximum atomic E-state index is 12.8. The number of allylic oxidation sites excluding steroid dienone is 2. The fourth-order valence-corrected chi connectivity index (χ4v) is 6.11.